The van der Waals surface area contributed by atoms with Crippen LogP contribution in [0, 0.1) is 0 Å². The lowest BCUT2D eigenvalue weighted by atomic mass is 10.2. The average Bonchev–Trinajstić information content (AvgIpc) is 2.68. The van der Waals surface area contributed by atoms with E-state index >= 15 is 0 Å². The van der Waals surface area contributed by atoms with E-state index in [4.69, 9.17) is 0 Å². The quantitative estimate of drug-likeness (QED) is 0.715. The molecule has 3 aromatic rings. The number of amides is 1. The Morgan fingerprint density at radius 3 is 2.27 bits per heavy atom. The molecule has 1 aromatic carbocycles. The molecule has 0 aliphatic rings. The number of pyridine rings is 2. The van der Waals surface area contributed by atoms with Crippen LogP contribution in [0.5, 0.6) is 0 Å². The first-order valence-electron chi connectivity index (χ1n) is 8.29. The predicted octanol–water partition coefficient (Wildman–Crippen LogP) is 3.41. The molecule has 1 amide bonds. The molecule has 0 radical (unpaired) electrons. The van der Waals surface area contributed by atoms with Crippen LogP contribution in [0.4, 0.5) is 17.1 Å². The second kappa shape index (κ2) is 8.11. The third-order valence-electron chi connectivity index (χ3n) is 3.88. The number of carbonyl (C=O) groups is 1. The summed E-state index contributed by atoms with van der Waals surface area (Å²) in [5.41, 5.74) is 4.17. The van der Waals surface area contributed by atoms with Crippen molar-refractivity contribution in [2.24, 2.45) is 0 Å². The van der Waals surface area contributed by atoms with Gasteiger partial charge in [-0.2, -0.15) is 0 Å². The number of nitrogens with one attached hydrogen (secondary N) is 2. The van der Waals surface area contributed by atoms with Gasteiger partial charge in [0.25, 0.3) is 5.91 Å². The van der Waals surface area contributed by atoms with Crippen molar-refractivity contribution >= 4 is 23.0 Å². The Hall–Kier alpha value is -3.41. The molecule has 3 rings (SSSR count). The molecule has 0 saturated heterocycles. The summed E-state index contributed by atoms with van der Waals surface area (Å²) in [5, 5.41) is 6.12. The number of rotatable bonds is 6. The molecule has 0 atom stereocenters. The number of benzene rings is 1. The molecule has 0 bridgehead atoms. The summed E-state index contributed by atoms with van der Waals surface area (Å²) in [7, 11) is 3.95. The van der Waals surface area contributed by atoms with Crippen LogP contribution < -0.4 is 15.5 Å². The maximum Gasteiger partial charge on any atom is 0.274 e. The lowest BCUT2D eigenvalue weighted by Crippen LogP contribution is -2.14. The van der Waals surface area contributed by atoms with Crippen LogP contribution in [0.25, 0.3) is 0 Å². The fourth-order valence-electron chi connectivity index (χ4n) is 2.38. The van der Waals surface area contributed by atoms with Gasteiger partial charge in [-0.05, 0) is 54.1 Å². The van der Waals surface area contributed by atoms with Gasteiger partial charge in [0, 0.05) is 44.4 Å². The van der Waals surface area contributed by atoms with Crippen LogP contribution in [0.15, 0.2) is 67.1 Å². The van der Waals surface area contributed by atoms with E-state index in [2.05, 4.69) is 20.6 Å². The minimum absolute atomic E-state index is 0.233. The second-order valence-corrected chi connectivity index (χ2v) is 6.04. The zero-order chi connectivity index (χ0) is 18.4. The predicted molar refractivity (Wildman–Crippen MR) is 105 cm³/mol. The van der Waals surface area contributed by atoms with Crippen molar-refractivity contribution in [3.63, 3.8) is 0 Å². The zero-order valence-corrected chi connectivity index (χ0v) is 14.8. The Morgan fingerprint density at radius 2 is 1.65 bits per heavy atom. The molecule has 26 heavy (non-hydrogen) atoms. The maximum atomic E-state index is 12.3. The third-order valence-corrected chi connectivity index (χ3v) is 3.88. The number of carbonyl (C=O) groups excluding carboxylic acids is 1. The molecular weight excluding hydrogens is 326 g/mol. The normalized spacial score (nSPS) is 10.2. The van der Waals surface area contributed by atoms with Crippen molar-refractivity contribution < 1.29 is 4.79 Å². The smallest absolute Gasteiger partial charge is 0.274 e. The van der Waals surface area contributed by atoms with Crippen LogP contribution in [0.3, 0.4) is 0 Å². The lowest BCUT2D eigenvalue weighted by molar-refractivity contribution is 0.102. The first-order chi connectivity index (χ1) is 12.6. The summed E-state index contributed by atoms with van der Waals surface area (Å²) >= 11 is 0. The number of nitrogens with zero attached hydrogens (tertiary/aromatic N) is 3. The first-order valence-corrected chi connectivity index (χ1v) is 8.29. The van der Waals surface area contributed by atoms with Gasteiger partial charge in [0.2, 0.25) is 0 Å². The highest BCUT2D eigenvalue weighted by molar-refractivity contribution is 6.03. The molecule has 0 aliphatic heterocycles. The molecule has 0 fully saturated rings. The van der Waals surface area contributed by atoms with Crippen molar-refractivity contribution in [1.82, 2.24) is 9.97 Å². The van der Waals surface area contributed by atoms with E-state index in [0.29, 0.717) is 12.2 Å². The minimum Gasteiger partial charge on any atom is -0.380 e. The summed E-state index contributed by atoms with van der Waals surface area (Å²) in [6.45, 7) is 0.675. The summed E-state index contributed by atoms with van der Waals surface area (Å²) in [6, 6.07) is 15.1. The highest BCUT2D eigenvalue weighted by atomic mass is 16.1. The van der Waals surface area contributed by atoms with Gasteiger partial charge in [0.05, 0.1) is 11.9 Å². The monoisotopic (exact) mass is 347 g/mol. The summed E-state index contributed by atoms with van der Waals surface area (Å²) in [5.74, 6) is -0.233. The average molecular weight is 347 g/mol. The molecule has 0 aliphatic carbocycles. The SMILES string of the molecule is CN(C)c1ccc(NC(=O)c2ccc(NCc3ccncc3)cn2)cc1. The highest BCUT2D eigenvalue weighted by Crippen LogP contribution is 2.16. The number of anilines is 3. The Morgan fingerprint density at radius 1 is 0.962 bits per heavy atom. The second-order valence-electron chi connectivity index (χ2n) is 6.04. The Bertz CT molecular complexity index is 846. The Balaban J connectivity index is 1.58. The molecule has 0 saturated carbocycles. The van der Waals surface area contributed by atoms with Gasteiger partial charge in [-0.25, -0.2) is 4.98 Å². The molecule has 6 nitrogen and oxygen atoms in total. The van der Waals surface area contributed by atoms with Crippen LogP contribution >= 0.6 is 0 Å². The van der Waals surface area contributed by atoms with Crippen molar-refractivity contribution in [2.45, 2.75) is 6.54 Å². The summed E-state index contributed by atoms with van der Waals surface area (Å²) in [4.78, 5) is 22.5. The Kier molecular flexibility index (Phi) is 5.43. The number of aromatic nitrogens is 2. The molecule has 2 heterocycles. The molecule has 2 N–H and O–H groups in total. The zero-order valence-electron chi connectivity index (χ0n) is 14.8. The van der Waals surface area contributed by atoms with Crippen LogP contribution in [0.1, 0.15) is 16.1 Å². The van der Waals surface area contributed by atoms with Crippen LogP contribution in [-0.4, -0.2) is 30.0 Å². The number of hydrogen-bond donors (Lipinski definition) is 2. The van der Waals surface area contributed by atoms with Gasteiger partial charge >= 0.3 is 0 Å². The van der Waals surface area contributed by atoms with Crippen molar-refractivity contribution in [1.29, 1.82) is 0 Å². The maximum absolute atomic E-state index is 12.3. The van der Waals surface area contributed by atoms with Crippen molar-refractivity contribution in [3.05, 3.63) is 78.4 Å². The summed E-state index contributed by atoms with van der Waals surface area (Å²) in [6.07, 6.45) is 5.17. The largest absolute Gasteiger partial charge is 0.380 e. The molecule has 132 valence electrons. The third kappa shape index (κ3) is 4.57. The summed E-state index contributed by atoms with van der Waals surface area (Å²) < 4.78 is 0. The van der Waals surface area contributed by atoms with E-state index in [0.717, 1.165) is 22.6 Å². The molecule has 2 aromatic heterocycles. The van der Waals surface area contributed by atoms with Crippen LogP contribution in [0.2, 0.25) is 0 Å². The van der Waals surface area contributed by atoms with E-state index in [9.17, 15) is 4.79 Å². The molecular formula is C20H21N5O. The molecule has 0 spiro atoms. The van der Waals surface area contributed by atoms with Gasteiger partial charge in [-0.3, -0.25) is 9.78 Å². The molecule has 6 heteroatoms. The van der Waals surface area contributed by atoms with E-state index in [1.165, 1.54) is 0 Å². The fourth-order valence-corrected chi connectivity index (χ4v) is 2.38. The van der Waals surface area contributed by atoms with Gasteiger partial charge in [-0.15, -0.1) is 0 Å². The minimum atomic E-state index is -0.233. The van der Waals surface area contributed by atoms with Gasteiger partial charge in [0.1, 0.15) is 5.69 Å². The Labute approximate surface area is 152 Å². The van der Waals surface area contributed by atoms with Crippen molar-refractivity contribution in [2.75, 3.05) is 29.6 Å². The van der Waals surface area contributed by atoms with E-state index in [-0.39, 0.29) is 5.91 Å². The van der Waals surface area contributed by atoms with Gasteiger partial charge in [0.15, 0.2) is 0 Å². The fraction of sp³-hybridized carbons (Fsp3) is 0.150. The van der Waals surface area contributed by atoms with E-state index in [1.54, 1.807) is 24.7 Å². The van der Waals surface area contributed by atoms with E-state index < -0.39 is 0 Å². The van der Waals surface area contributed by atoms with E-state index in [1.807, 2.05) is 61.5 Å². The van der Waals surface area contributed by atoms with Gasteiger partial charge < -0.3 is 15.5 Å². The van der Waals surface area contributed by atoms with Crippen molar-refractivity contribution in [3.8, 4) is 0 Å². The topological polar surface area (TPSA) is 70.2 Å². The van der Waals surface area contributed by atoms with Gasteiger partial charge in [-0.1, -0.05) is 0 Å². The lowest BCUT2D eigenvalue weighted by Gasteiger charge is -2.13. The standard InChI is InChI=1S/C20H21N5O/c1-25(2)18-6-3-16(4-7-18)24-20(26)19-8-5-17(14-23-19)22-13-15-9-11-21-12-10-15/h3-12,14,22H,13H2,1-2H3,(H,24,26). The number of hydrogen-bond acceptors (Lipinski definition) is 5. The first kappa shape index (κ1) is 17.4. The molecule has 0 unspecified atom stereocenters. The highest BCUT2D eigenvalue weighted by Gasteiger charge is 2.08. The van der Waals surface area contributed by atoms with Crippen LogP contribution in [-0.2, 0) is 6.54 Å².